The molecule has 3 atom stereocenters. The monoisotopic (exact) mass is 427 g/mol. The van der Waals surface area contributed by atoms with Gasteiger partial charge in [0, 0.05) is 0 Å². The van der Waals surface area contributed by atoms with E-state index in [1.54, 1.807) is 42.7 Å². The number of carbonyl (C=O) groups excluding carboxylic acids is 4. The van der Waals surface area contributed by atoms with Crippen molar-refractivity contribution in [1.29, 1.82) is 0 Å². The van der Waals surface area contributed by atoms with E-state index in [4.69, 9.17) is 0 Å². The van der Waals surface area contributed by atoms with E-state index in [1.807, 2.05) is 0 Å². The number of aryl methyl sites for hydroxylation is 1. The van der Waals surface area contributed by atoms with Crippen molar-refractivity contribution in [2.24, 2.45) is 0 Å². The molecule has 0 radical (unpaired) electrons. The fourth-order valence-corrected chi connectivity index (χ4v) is 3.16. The van der Waals surface area contributed by atoms with E-state index in [9.17, 15) is 19.2 Å². The summed E-state index contributed by atoms with van der Waals surface area (Å²) in [6.07, 6.45) is 0. The number of nitrogens with zero attached hydrogens (tertiary/aromatic N) is 3. The highest BCUT2D eigenvalue weighted by Gasteiger charge is 2.26. The lowest BCUT2D eigenvalue weighted by atomic mass is 10.1. The minimum absolute atomic E-state index is 0.0402. The van der Waals surface area contributed by atoms with Crippen LogP contribution in [0.25, 0.3) is 5.69 Å². The number of benzene rings is 1. The summed E-state index contributed by atoms with van der Waals surface area (Å²) in [5, 5.41) is 18.6. The average molecular weight is 427 g/mol. The molecule has 4 amide bonds. The Morgan fingerprint density at radius 2 is 1.42 bits per heavy atom. The maximum absolute atomic E-state index is 12.9. The molecule has 1 aliphatic rings. The highest BCUT2D eigenvalue weighted by atomic mass is 16.2. The van der Waals surface area contributed by atoms with Crippen molar-refractivity contribution >= 4 is 23.6 Å². The molecule has 0 aliphatic carbocycles. The molecule has 0 saturated carbocycles. The molecule has 0 saturated heterocycles. The van der Waals surface area contributed by atoms with Gasteiger partial charge in [-0.25, -0.2) is 0 Å². The number of para-hydroxylation sites is 1. The quantitative estimate of drug-likeness (QED) is 0.439. The molecule has 11 heteroatoms. The Bertz CT molecular complexity index is 1030. The third-order valence-electron chi connectivity index (χ3n) is 4.95. The lowest BCUT2D eigenvalue weighted by Gasteiger charge is -2.22. The van der Waals surface area contributed by atoms with Crippen LogP contribution in [0.3, 0.4) is 0 Å². The van der Waals surface area contributed by atoms with Crippen molar-refractivity contribution in [2.45, 2.75) is 52.4 Å². The molecule has 4 N–H and O–H groups in total. The van der Waals surface area contributed by atoms with E-state index < -0.39 is 41.8 Å². The van der Waals surface area contributed by atoms with Crippen LogP contribution in [0.2, 0.25) is 0 Å². The standard InChI is InChI=1S/C20H25N7O4/c1-10-17(28)21-9-16-26-25-13(4)27(16)15-8-6-5-7-14(15)20(31)24-12(3)19(30)23-11(2)18(29)22-10/h5-8,10-12H,9H2,1-4H3,(H,21,28)(H,22,29)(H,23,30)(H,24,31)/t10-,11-,12+/m0/s1. The first-order valence-corrected chi connectivity index (χ1v) is 9.88. The molecule has 2 heterocycles. The van der Waals surface area contributed by atoms with Gasteiger partial charge >= 0.3 is 0 Å². The second-order valence-electron chi connectivity index (χ2n) is 7.39. The molecule has 31 heavy (non-hydrogen) atoms. The van der Waals surface area contributed by atoms with E-state index in [0.717, 1.165) is 0 Å². The summed E-state index contributed by atoms with van der Waals surface area (Å²) in [5.74, 6) is -1.02. The van der Waals surface area contributed by atoms with Crippen LogP contribution in [-0.2, 0) is 20.9 Å². The van der Waals surface area contributed by atoms with Gasteiger partial charge in [0.1, 0.15) is 23.9 Å². The second-order valence-corrected chi connectivity index (χ2v) is 7.39. The zero-order valence-electron chi connectivity index (χ0n) is 17.7. The third-order valence-corrected chi connectivity index (χ3v) is 4.95. The topological polar surface area (TPSA) is 147 Å². The molecule has 3 rings (SSSR count). The number of carbonyl (C=O) groups is 4. The predicted octanol–water partition coefficient (Wildman–Crippen LogP) is -0.667. The van der Waals surface area contributed by atoms with Crippen molar-refractivity contribution in [2.75, 3.05) is 0 Å². The van der Waals surface area contributed by atoms with Gasteiger partial charge in [0.2, 0.25) is 17.7 Å². The van der Waals surface area contributed by atoms with E-state index in [2.05, 4.69) is 31.5 Å². The maximum atomic E-state index is 12.9. The summed E-state index contributed by atoms with van der Waals surface area (Å²) in [4.78, 5) is 50.2. The van der Waals surface area contributed by atoms with Gasteiger partial charge in [-0.15, -0.1) is 10.2 Å². The van der Waals surface area contributed by atoms with Crippen LogP contribution in [0, 0.1) is 6.92 Å². The Morgan fingerprint density at radius 1 is 0.839 bits per heavy atom. The normalized spacial score (nSPS) is 23.0. The predicted molar refractivity (Wildman–Crippen MR) is 110 cm³/mol. The molecular formula is C20H25N7O4. The summed E-state index contributed by atoms with van der Waals surface area (Å²) >= 11 is 0. The number of hydrogen-bond donors (Lipinski definition) is 4. The maximum Gasteiger partial charge on any atom is 0.254 e. The van der Waals surface area contributed by atoms with Crippen LogP contribution in [0.1, 0.15) is 42.8 Å². The minimum Gasteiger partial charge on any atom is -0.347 e. The van der Waals surface area contributed by atoms with Gasteiger partial charge in [-0.2, -0.15) is 0 Å². The van der Waals surface area contributed by atoms with Crippen LogP contribution in [-0.4, -0.2) is 56.5 Å². The van der Waals surface area contributed by atoms with Gasteiger partial charge in [0.25, 0.3) is 5.91 Å². The van der Waals surface area contributed by atoms with E-state index in [-0.39, 0.29) is 6.54 Å². The van der Waals surface area contributed by atoms with Crippen LogP contribution in [0.15, 0.2) is 24.3 Å². The number of hydrogen-bond acceptors (Lipinski definition) is 6. The van der Waals surface area contributed by atoms with Gasteiger partial charge < -0.3 is 21.3 Å². The number of amides is 4. The lowest BCUT2D eigenvalue weighted by molar-refractivity contribution is -0.131. The van der Waals surface area contributed by atoms with Crippen molar-refractivity contribution < 1.29 is 19.2 Å². The Labute approximate surface area is 179 Å². The van der Waals surface area contributed by atoms with Gasteiger partial charge in [0.15, 0.2) is 5.82 Å². The highest BCUT2D eigenvalue weighted by Crippen LogP contribution is 2.18. The smallest absolute Gasteiger partial charge is 0.254 e. The van der Waals surface area contributed by atoms with Crippen molar-refractivity contribution in [3.05, 3.63) is 41.5 Å². The number of rotatable bonds is 0. The Morgan fingerprint density at radius 3 is 2.10 bits per heavy atom. The minimum atomic E-state index is -0.897. The summed E-state index contributed by atoms with van der Waals surface area (Å²) in [6.45, 7) is 6.33. The Kier molecular flexibility index (Phi) is 6.33. The largest absolute Gasteiger partial charge is 0.347 e. The first-order valence-electron chi connectivity index (χ1n) is 9.88. The fraction of sp³-hybridized carbons (Fsp3) is 0.400. The van der Waals surface area contributed by atoms with E-state index in [0.29, 0.717) is 22.9 Å². The molecule has 0 spiro atoms. The summed E-state index contributed by atoms with van der Waals surface area (Å²) in [6, 6.07) is 4.20. The molecule has 0 bridgehead atoms. The zero-order chi connectivity index (χ0) is 22.7. The molecule has 1 aliphatic heterocycles. The molecular weight excluding hydrogens is 402 g/mol. The molecule has 1 aromatic heterocycles. The zero-order valence-corrected chi connectivity index (χ0v) is 17.7. The van der Waals surface area contributed by atoms with Crippen LogP contribution >= 0.6 is 0 Å². The third kappa shape index (κ3) is 4.71. The number of nitrogens with one attached hydrogen (secondary N) is 4. The molecule has 0 fully saturated rings. The summed E-state index contributed by atoms with van der Waals surface area (Å²) in [7, 11) is 0. The van der Waals surface area contributed by atoms with Gasteiger partial charge in [-0.05, 0) is 39.8 Å². The van der Waals surface area contributed by atoms with Gasteiger partial charge in [0.05, 0.1) is 17.8 Å². The lowest BCUT2D eigenvalue weighted by Crippen LogP contribution is -2.54. The first kappa shape index (κ1) is 21.9. The second kappa shape index (κ2) is 8.94. The van der Waals surface area contributed by atoms with E-state index >= 15 is 0 Å². The molecule has 1 aromatic carbocycles. The van der Waals surface area contributed by atoms with Crippen molar-refractivity contribution in [1.82, 2.24) is 36.0 Å². The molecule has 11 nitrogen and oxygen atoms in total. The van der Waals surface area contributed by atoms with Crippen molar-refractivity contribution in [3.8, 4) is 5.69 Å². The van der Waals surface area contributed by atoms with Crippen LogP contribution in [0.5, 0.6) is 0 Å². The molecule has 2 aromatic rings. The molecule has 0 unspecified atom stereocenters. The SMILES string of the molecule is Cc1nnc2n1-c1ccccc1C(=O)N[C@H](C)C(=O)N[C@@H](C)C(=O)N[C@@H](C)C(=O)NC2. The number of fused-ring (bicyclic) bond motifs is 3. The first-order chi connectivity index (χ1) is 14.7. The summed E-state index contributed by atoms with van der Waals surface area (Å²) in [5.41, 5.74) is 0.824. The average Bonchev–Trinajstić information content (AvgIpc) is 3.11. The summed E-state index contributed by atoms with van der Waals surface area (Å²) < 4.78 is 1.66. The van der Waals surface area contributed by atoms with Crippen LogP contribution in [0.4, 0.5) is 0 Å². The molecule has 164 valence electrons. The van der Waals surface area contributed by atoms with Crippen LogP contribution < -0.4 is 21.3 Å². The Balaban J connectivity index is 2.04. The number of aromatic nitrogens is 3. The van der Waals surface area contributed by atoms with E-state index in [1.165, 1.54) is 13.8 Å². The van der Waals surface area contributed by atoms with Gasteiger partial charge in [-0.1, -0.05) is 12.1 Å². The highest BCUT2D eigenvalue weighted by molar-refractivity contribution is 6.01. The van der Waals surface area contributed by atoms with Gasteiger partial charge in [-0.3, -0.25) is 23.7 Å². The van der Waals surface area contributed by atoms with Crippen molar-refractivity contribution in [3.63, 3.8) is 0 Å². The fourth-order valence-electron chi connectivity index (χ4n) is 3.16. The Hall–Kier alpha value is -3.76.